The smallest absolute Gasteiger partial charge is 0.264 e. The number of anilines is 1. The minimum Gasteiger partial charge on any atom is -0.490 e. The number of amides is 1. The largest absolute Gasteiger partial charge is 0.490 e. The Kier molecular flexibility index (Phi) is 9.73. The second kappa shape index (κ2) is 13.8. The first kappa shape index (κ1) is 35.9. The average molecular weight is 739 g/mol. The topological polar surface area (TPSA) is 84.9 Å². The molecule has 1 amide bonds. The lowest BCUT2D eigenvalue weighted by Gasteiger charge is -2.50. The summed E-state index contributed by atoms with van der Waals surface area (Å²) in [4.78, 5) is 15.9. The summed E-state index contributed by atoms with van der Waals surface area (Å²) in [6.45, 7) is 7.20. The number of nitrogens with one attached hydrogen (secondary N) is 1. The van der Waals surface area contributed by atoms with Crippen molar-refractivity contribution in [2.24, 2.45) is 17.8 Å². The molecule has 0 saturated heterocycles. The van der Waals surface area contributed by atoms with Crippen LogP contribution in [0.25, 0.3) is 0 Å². The van der Waals surface area contributed by atoms with Gasteiger partial charge in [-0.25, -0.2) is 21.9 Å². The maximum Gasteiger partial charge on any atom is 0.264 e. The molecule has 2 heterocycles. The number of hydrogen-bond acceptors (Lipinski definition) is 6. The summed E-state index contributed by atoms with van der Waals surface area (Å²) in [5, 5.41) is -0.160. The van der Waals surface area contributed by atoms with E-state index in [1.165, 1.54) is 23.3 Å². The molecule has 3 aromatic carbocycles. The van der Waals surface area contributed by atoms with Gasteiger partial charge in [0.1, 0.15) is 17.4 Å². The third-order valence-corrected chi connectivity index (χ3v) is 14.0. The molecule has 4 aliphatic rings. The van der Waals surface area contributed by atoms with Crippen LogP contribution in [0, 0.1) is 29.4 Å². The van der Waals surface area contributed by atoms with Gasteiger partial charge in [0.15, 0.2) is 0 Å². The second-order valence-corrected chi connectivity index (χ2v) is 17.8. The molecule has 51 heavy (non-hydrogen) atoms. The number of nitrogens with zero attached hydrogens (tertiary/aromatic N) is 1. The Morgan fingerprint density at radius 1 is 1.06 bits per heavy atom. The number of carbonyl (C=O) groups is 1. The van der Waals surface area contributed by atoms with Gasteiger partial charge in [-0.15, -0.1) is 0 Å². The highest BCUT2D eigenvalue weighted by Gasteiger charge is 2.47. The van der Waals surface area contributed by atoms with Crippen LogP contribution < -0.4 is 14.4 Å². The van der Waals surface area contributed by atoms with Crippen LogP contribution in [0.3, 0.4) is 0 Å². The number of hydrogen-bond donors (Lipinski definition) is 1. The molecule has 1 N–H and O–H groups in total. The Bertz CT molecular complexity index is 1950. The zero-order valence-corrected chi connectivity index (χ0v) is 30.8. The lowest BCUT2D eigenvalue weighted by Crippen LogP contribution is -2.52. The van der Waals surface area contributed by atoms with E-state index in [1.54, 1.807) is 25.1 Å². The zero-order chi connectivity index (χ0) is 36.1. The maximum absolute atomic E-state index is 14.1. The predicted octanol–water partition coefficient (Wildman–Crippen LogP) is 8.14. The Balaban J connectivity index is 1.30. The van der Waals surface area contributed by atoms with Gasteiger partial charge >= 0.3 is 0 Å². The van der Waals surface area contributed by atoms with Crippen LogP contribution in [0.4, 0.5) is 14.5 Å². The third-order valence-electron chi connectivity index (χ3n) is 11.9. The normalized spacial score (nSPS) is 30.9. The van der Waals surface area contributed by atoms with Gasteiger partial charge in [-0.05, 0) is 129 Å². The summed E-state index contributed by atoms with van der Waals surface area (Å²) >= 11 is 6.45. The van der Waals surface area contributed by atoms with Gasteiger partial charge in [0.25, 0.3) is 5.91 Å². The molecule has 0 aromatic heterocycles. The number of rotatable bonds is 3. The van der Waals surface area contributed by atoms with Crippen molar-refractivity contribution in [1.29, 1.82) is 0 Å². The van der Waals surface area contributed by atoms with Crippen molar-refractivity contribution < 1.29 is 31.5 Å². The molecule has 2 aliphatic heterocycles. The second-order valence-electron chi connectivity index (χ2n) is 15.3. The fraction of sp³-hybridized carbons (Fsp3) is 0.475. The molecular weight excluding hydrogens is 694 g/mol. The molecule has 7 nitrogen and oxygen atoms in total. The molecule has 1 fully saturated rings. The van der Waals surface area contributed by atoms with Gasteiger partial charge < -0.3 is 14.4 Å². The van der Waals surface area contributed by atoms with Crippen LogP contribution in [0.15, 0.2) is 66.7 Å². The average Bonchev–Trinajstić information content (AvgIpc) is 3.21. The van der Waals surface area contributed by atoms with Crippen LogP contribution in [-0.4, -0.2) is 44.9 Å². The van der Waals surface area contributed by atoms with Gasteiger partial charge in [0.2, 0.25) is 10.0 Å². The number of aryl methyl sites for hydroxylation is 1. The molecule has 0 radical (unpaired) electrons. The third kappa shape index (κ3) is 7.16. The van der Waals surface area contributed by atoms with E-state index in [9.17, 15) is 22.0 Å². The summed E-state index contributed by atoms with van der Waals surface area (Å²) in [5.41, 5.74) is 2.67. The maximum atomic E-state index is 14.1. The van der Waals surface area contributed by atoms with Crippen molar-refractivity contribution in [2.75, 3.05) is 24.6 Å². The highest BCUT2D eigenvalue weighted by molar-refractivity contribution is 7.90. The summed E-state index contributed by atoms with van der Waals surface area (Å²) in [5.74, 6) is -1.44. The quantitative estimate of drug-likeness (QED) is 0.273. The molecule has 1 saturated carbocycles. The molecule has 6 atom stereocenters. The van der Waals surface area contributed by atoms with Crippen molar-refractivity contribution >= 4 is 33.2 Å². The van der Waals surface area contributed by atoms with Crippen molar-refractivity contribution in [3.63, 3.8) is 0 Å². The van der Waals surface area contributed by atoms with E-state index in [0.29, 0.717) is 42.5 Å². The summed E-state index contributed by atoms with van der Waals surface area (Å²) < 4.78 is 70.8. The molecule has 272 valence electrons. The van der Waals surface area contributed by atoms with Gasteiger partial charge in [0.05, 0.1) is 29.8 Å². The molecule has 1 spiro atoms. The Morgan fingerprint density at radius 3 is 2.59 bits per heavy atom. The summed E-state index contributed by atoms with van der Waals surface area (Å²) in [6.07, 6.45) is 9.03. The van der Waals surface area contributed by atoms with E-state index in [2.05, 4.69) is 21.8 Å². The fourth-order valence-corrected chi connectivity index (χ4v) is 10.1. The first-order valence-corrected chi connectivity index (χ1v) is 19.8. The number of carbonyl (C=O) groups excluding carboxylic acids is 1. The molecule has 0 unspecified atom stereocenters. The first-order chi connectivity index (χ1) is 24.2. The molecular formula is C40H45ClF2N2O5S. The summed E-state index contributed by atoms with van der Waals surface area (Å²) in [6, 6.07) is 14.7. The van der Waals surface area contributed by atoms with Crippen molar-refractivity contribution in [3.05, 3.63) is 106 Å². The van der Waals surface area contributed by atoms with E-state index < -0.39 is 38.4 Å². The highest BCUT2D eigenvalue weighted by atomic mass is 35.5. The van der Waals surface area contributed by atoms with Crippen molar-refractivity contribution in [3.8, 4) is 5.75 Å². The van der Waals surface area contributed by atoms with Gasteiger partial charge in [-0.2, -0.15) is 0 Å². The van der Waals surface area contributed by atoms with E-state index in [4.69, 9.17) is 21.1 Å². The number of halogens is 3. The monoisotopic (exact) mass is 738 g/mol. The SMILES string of the molecule is C[C@@H]1[C@@H](C)C/C=C/[C@@](C)(OCc2cc(F)cc(F)c2)[C@@H]2CC[C@H]2CN2C[C@@]3(CCCc4cc(Cl)ccc43)COc3ccc(cc32)C(=O)NS1(=O)=O. The van der Waals surface area contributed by atoms with E-state index in [-0.39, 0.29) is 35.3 Å². The molecule has 2 bridgehead atoms. The van der Waals surface area contributed by atoms with E-state index >= 15 is 0 Å². The summed E-state index contributed by atoms with van der Waals surface area (Å²) in [7, 11) is -4.02. The predicted molar refractivity (Wildman–Crippen MR) is 195 cm³/mol. The van der Waals surface area contributed by atoms with Crippen LogP contribution in [0.1, 0.15) is 79.9 Å². The number of sulfonamides is 1. The number of benzene rings is 3. The molecule has 3 aromatic rings. The lowest BCUT2D eigenvalue weighted by molar-refractivity contribution is -0.0948. The zero-order valence-electron chi connectivity index (χ0n) is 29.3. The molecule has 7 rings (SSSR count). The lowest BCUT2D eigenvalue weighted by atomic mass is 9.64. The Hall–Kier alpha value is -3.47. The molecule has 2 aliphatic carbocycles. The van der Waals surface area contributed by atoms with Crippen LogP contribution in [0.2, 0.25) is 5.02 Å². The standard InChI is InChI=1S/C40H45ClF2N2O5S/c1-25-6-4-14-39(3,50-22-27-16-32(42)20-33(43)17-27)34-11-8-30(34)21-45-23-40(15-5-7-28-18-31(41)10-12-35(28)40)24-49-37-13-9-29(19-36(37)45)38(46)44-51(47,48)26(25)2/h4,9-10,12-14,16-20,25-26,30,34H,5-8,11,15,21-24H2,1-3H3,(H,44,46)/b14-4+/t25-,26+,30-,34+,39+,40-/m0/s1. The van der Waals surface area contributed by atoms with Crippen molar-refractivity contribution in [2.45, 2.75) is 82.2 Å². The first-order valence-electron chi connectivity index (χ1n) is 17.9. The van der Waals surface area contributed by atoms with Crippen LogP contribution in [0.5, 0.6) is 5.75 Å². The highest BCUT2D eigenvalue weighted by Crippen LogP contribution is 2.49. The fourth-order valence-electron chi connectivity index (χ4n) is 8.59. The number of ether oxygens (including phenoxy) is 2. The molecule has 11 heteroatoms. The van der Waals surface area contributed by atoms with Crippen molar-refractivity contribution in [1.82, 2.24) is 4.72 Å². The van der Waals surface area contributed by atoms with Gasteiger partial charge in [-0.3, -0.25) is 4.79 Å². The van der Waals surface area contributed by atoms with E-state index in [0.717, 1.165) is 43.9 Å². The van der Waals surface area contributed by atoms with Gasteiger partial charge in [-0.1, -0.05) is 36.7 Å². The van der Waals surface area contributed by atoms with Crippen LogP contribution in [-0.2, 0) is 33.2 Å². The Labute approximate surface area is 304 Å². The minimum absolute atomic E-state index is 0.0112. The number of allylic oxidation sites excluding steroid dienone is 1. The number of fused-ring (bicyclic) bond motifs is 4. The minimum atomic E-state index is -4.02. The Morgan fingerprint density at radius 2 is 1.84 bits per heavy atom. The van der Waals surface area contributed by atoms with E-state index in [1.807, 2.05) is 32.1 Å². The van der Waals surface area contributed by atoms with Gasteiger partial charge in [0, 0.05) is 35.2 Å². The van der Waals surface area contributed by atoms with Crippen LogP contribution >= 0.6 is 11.6 Å².